The summed E-state index contributed by atoms with van der Waals surface area (Å²) in [6, 6.07) is 1.60. The molecule has 3 nitrogen and oxygen atoms in total. The predicted octanol–water partition coefficient (Wildman–Crippen LogP) is 2.77. The Labute approximate surface area is 106 Å². The summed E-state index contributed by atoms with van der Waals surface area (Å²) in [7, 11) is 0. The Bertz CT molecular complexity index is 378. The second kappa shape index (κ2) is 5.65. The van der Waals surface area contributed by atoms with Gasteiger partial charge in [0.1, 0.15) is 0 Å². The largest absolute Gasteiger partial charge is 0.365 e. The van der Waals surface area contributed by atoms with Gasteiger partial charge < -0.3 is 10.2 Å². The van der Waals surface area contributed by atoms with Crippen molar-refractivity contribution in [2.24, 2.45) is 0 Å². The van der Waals surface area contributed by atoms with Crippen LogP contribution in [-0.4, -0.2) is 35.6 Å². The molecule has 17 heavy (non-hydrogen) atoms. The molecular formula is C12H17ClFN3. The second-order valence-electron chi connectivity index (χ2n) is 4.34. The number of likely N-dealkylation sites (tertiary alicyclic amines) is 1. The van der Waals surface area contributed by atoms with Gasteiger partial charge in [-0.3, -0.25) is 0 Å². The molecule has 0 atom stereocenters. The lowest BCUT2D eigenvalue weighted by Crippen LogP contribution is -2.39. The van der Waals surface area contributed by atoms with Gasteiger partial charge in [-0.05, 0) is 25.5 Å². The van der Waals surface area contributed by atoms with Crippen LogP contribution in [-0.2, 0) is 0 Å². The highest BCUT2D eigenvalue weighted by Crippen LogP contribution is 2.19. The Morgan fingerprint density at radius 2 is 2.24 bits per heavy atom. The molecule has 0 aromatic carbocycles. The van der Waals surface area contributed by atoms with Gasteiger partial charge in [-0.25, -0.2) is 9.37 Å². The zero-order chi connectivity index (χ0) is 12.3. The Balaban J connectivity index is 1.93. The average molecular weight is 258 g/mol. The smallest absolute Gasteiger partial charge is 0.166 e. The number of hydrogen-bond acceptors (Lipinski definition) is 3. The van der Waals surface area contributed by atoms with Crippen molar-refractivity contribution in [1.82, 2.24) is 9.88 Å². The van der Waals surface area contributed by atoms with Crippen molar-refractivity contribution in [3.8, 4) is 0 Å². The molecular weight excluding hydrogens is 241 g/mol. The lowest BCUT2D eigenvalue weighted by molar-refractivity contribution is 0.229. The molecule has 0 saturated carbocycles. The van der Waals surface area contributed by atoms with Crippen LogP contribution in [0.5, 0.6) is 0 Å². The summed E-state index contributed by atoms with van der Waals surface area (Å²) in [4.78, 5) is 6.37. The SMILES string of the molecule is CCN1CCC(Nc2ncc(Cl)cc2F)CC1. The van der Waals surface area contributed by atoms with Gasteiger partial charge in [0, 0.05) is 25.3 Å². The first-order chi connectivity index (χ1) is 8.19. The standard InChI is InChI=1S/C12H17ClFN3/c1-2-17-5-3-10(4-6-17)16-12-11(14)7-9(13)8-15-12/h7-8,10H,2-6H2,1H3,(H,15,16). The third kappa shape index (κ3) is 3.30. The van der Waals surface area contributed by atoms with Crippen LogP contribution >= 0.6 is 11.6 Å². The van der Waals surface area contributed by atoms with Crippen molar-refractivity contribution in [3.05, 3.63) is 23.1 Å². The van der Waals surface area contributed by atoms with E-state index in [0.29, 0.717) is 16.9 Å². The molecule has 0 spiro atoms. The molecule has 1 aliphatic heterocycles. The van der Waals surface area contributed by atoms with Crippen LogP contribution in [0, 0.1) is 5.82 Å². The third-order valence-electron chi connectivity index (χ3n) is 3.18. The first-order valence-corrected chi connectivity index (χ1v) is 6.36. The van der Waals surface area contributed by atoms with Crippen molar-refractivity contribution in [1.29, 1.82) is 0 Å². The number of piperidine rings is 1. The molecule has 0 radical (unpaired) electrons. The van der Waals surface area contributed by atoms with E-state index in [1.54, 1.807) is 0 Å². The van der Waals surface area contributed by atoms with Gasteiger partial charge in [0.05, 0.1) is 5.02 Å². The molecule has 1 aromatic rings. The van der Waals surface area contributed by atoms with Crippen LogP contribution < -0.4 is 5.32 Å². The maximum Gasteiger partial charge on any atom is 0.166 e. The van der Waals surface area contributed by atoms with Crippen molar-refractivity contribution in [3.63, 3.8) is 0 Å². The minimum Gasteiger partial charge on any atom is -0.365 e. The zero-order valence-electron chi connectivity index (χ0n) is 9.92. The molecule has 0 bridgehead atoms. The van der Waals surface area contributed by atoms with Crippen LogP contribution in [0.15, 0.2) is 12.3 Å². The summed E-state index contributed by atoms with van der Waals surface area (Å²) in [5.74, 6) is -0.0697. The normalized spacial score (nSPS) is 18.3. The lowest BCUT2D eigenvalue weighted by Gasteiger charge is -2.31. The summed E-state index contributed by atoms with van der Waals surface area (Å²) in [6.07, 6.45) is 3.52. The summed E-state index contributed by atoms with van der Waals surface area (Å²) in [6.45, 7) is 5.36. The Morgan fingerprint density at radius 1 is 1.53 bits per heavy atom. The Hall–Kier alpha value is -0.870. The number of rotatable bonds is 3. The fraction of sp³-hybridized carbons (Fsp3) is 0.583. The molecule has 1 fully saturated rings. The van der Waals surface area contributed by atoms with E-state index in [0.717, 1.165) is 32.5 Å². The highest BCUT2D eigenvalue weighted by Gasteiger charge is 2.19. The van der Waals surface area contributed by atoms with E-state index < -0.39 is 0 Å². The Kier molecular flexibility index (Phi) is 4.18. The molecule has 94 valence electrons. The van der Waals surface area contributed by atoms with Crippen molar-refractivity contribution in [2.45, 2.75) is 25.8 Å². The van der Waals surface area contributed by atoms with Crippen LogP contribution in [0.2, 0.25) is 5.02 Å². The third-order valence-corrected chi connectivity index (χ3v) is 3.39. The molecule has 1 saturated heterocycles. The number of pyridine rings is 1. The molecule has 0 unspecified atom stereocenters. The Morgan fingerprint density at radius 3 is 2.82 bits per heavy atom. The first-order valence-electron chi connectivity index (χ1n) is 5.99. The van der Waals surface area contributed by atoms with Gasteiger partial charge in [-0.1, -0.05) is 18.5 Å². The monoisotopic (exact) mass is 257 g/mol. The molecule has 0 amide bonds. The van der Waals surface area contributed by atoms with Crippen LogP contribution in [0.3, 0.4) is 0 Å². The summed E-state index contributed by atoms with van der Waals surface area (Å²) in [5, 5.41) is 3.48. The van der Waals surface area contributed by atoms with Gasteiger partial charge in [0.25, 0.3) is 0 Å². The number of nitrogens with one attached hydrogen (secondary N) is 1. The molecule has 1 aliphatic rings. The lowest BCUT2D eigenvalue weighted by atomic mass is 10.1. The van der Waals surface area contributed by atoms with Crippen molar-refractivity contribution in [2.75, 3.05) is 25.0 Å². The van der Waals surface area contributed by atoms with Crippen LogP contribution in [0.1, 0.15) is 19.8 Å². The second-order valence-corrected chi connectivity index (χ2v) is 4.77. The number of halogens is 2. The highest BCUT2D eigenvalue weighted by atomic mass is 35.5. The molecule has 5 heteroatoms. The summed E-state index contributed by atoms with van der Waals surface area (Å²) in [5.41, 5.74) is 0. The number of aromatic nitrogens is 1. The fourth-order valence-corrected chi connectivity index (χ4v) is 2.25. The highest BCUT2D eigenvalue weighted by molar-refractivity contribution is 6.30. The molecule has 2 heterocycles. The van der Waals surface area contributed by atoms with Gasteiger partial charge in [0.15, 0.2) is 11.6 Å². The van der Waals surface area contributed by atoms with E-state index in [1.165, 1.54) is 12.3 Å². The summed E-state index contributed by atoms with van der Waals surface area (Å²) < 4.78 is 13.5. The minimum absolute atomic E-state index is 0.306. The first kappa shape index (κ1) is 12.6. The molecule has 1 N–H and O–H groups in total. The predicted molar refractivity (Wildman–Crippen MR) is 68.0 cm³/mol. The van der Waals surface area contributed by atoms with Crippen molar-refractivity contribution >= 4 is 17.4 Å². The van der Waals surface area contributed by atoms with Gasteiger partial charge >= 0.3 is 0 Å². The van der Waals surface area contributed by atoms with Gasteiger partial charge in [-0.2, -0.15) is 0 Å². The van der Waals surface area contributed by atoms with Gasteiger partial charge in [0.2, 0.25) is 0 Å². The maximum absolute atomic E-state index is 13.5. The average Bonchev–Trinajstić information content (AvgIpc) is 2.34. The van der Waals surface area contributed by atoms with E-state index >= 15 is 0 Å². The van der Waals surface area contributed by atoms with E-state index in [-0.39, 0.29) is 5.82 Å². The molecule has 1 aromatic heterocycles. The van der Waals surface area contributed by atoms with E-state index in [1.807, 2.05) is 0 Å². The van der Waals surface area contributed by atoms with E-state index in [4.69, 9.17) is 11.6 Å². The molecule has 0 aliphatic carbocycles. The minimum atomic E-state index is -0.379. The maximum atomic E-state index is 13.5. The topological polar surface area (TPSA) is 28.2 Å². The van der Waals surface area contributed by atoms with Gasteiger partial charge in [-0.15, -0.1) is 0 Å². The van der Waals surface area contributed by atoms with Crippen LogP contribution in [0.25, 0.3) is 0 Å². The number of nitrogens with zero attached hydrogens (tertiary/aromatic N) is 2. The number of hydrogen-bond donors (Lipinski definition) is 1. The van der Waals surface area contributed by atoms with Crippen molar-refractivity contribution < 1.29 is 4.39 Å². The van der Waals surface area contributed by atoms with E-state index in [9.17, 15) is 4.39 Å². The van der Waals surface area contributed by atoms with E-state index in [2.05, 4.69) is 22.1 Å². The zero-order valence-corrected chi connectivity index (χ0v) is 10.7. The fourth-order valence-electron chi connectivity index (χ4n) is 2.11. The quantitative estimate of drug-likeness (QED) is 0.903. The number of anilines is 1. The summed E-state index contributed by atoms with van der Waals surface area (Å²) >= 11 is 5.66. The van der Waals surface area contributed by atoms with Crippen LogP contribution in [0.4, 0.5) is 10.2 Å². The molecule has 2 rings (SSSR count).